The maximum Gasteiger partial charge on any atom is 0.324 e. The van der Waals surface area contributed by atoms with Crippen LogP contribution in [0.15, 0.2) is 0 Å². The molecule has 0 aromatic heterocycles. The number of rotatable bonds is 2. The minimum absolute atomic E-state index is 0.432. The zero-order chi connectivity index (χ0) is 15.6. The Bertz CT molecular complexity index is 335. The molecule has 116 valence electrons. The van der Waals surface area contributed by atoms with E-state index < -0.39 is 28.6 Å². The first-order valence-corrected chi connectivity index (χ1v) is 7.43. The number of esters is 2. The minimum atomic E-state index is -1.11. The molecule has 0 heterocycles. The van der Waals surface area contributed by atoms with E-state index in [-0.39, 0.29) is 0 Å². The molecule has 0 bridgehead atoms. The summed E-state index contributed by atoms with van der Waals surface area (Å²) in [7, 11) is 0. The fourth-order valence-corrected chi connectivity index (χ4v) is 2.40. The molecule has 1 saturated carbocycles. The van der Waals surface area contributed by atoms with E-state index in [0.717, 1.165) is 19.3 Å². The highest BCUT2D eigenvalue weighted by atomic mass is 16.6. The Hall–Kier alpha value is -1.06. The molecule has 0 amide bonds. The van der Waals surface area contributed by atoms with Crippen LogP contribution in [0.2, 0.25) is 0 Å². The maximum absolute atomic E-state index is 12.5. The summed E-state index contributed by atoms with van der Waals surface area (Å²) in [5.74, 6) is -0.863. The molecule has 0 spiro atoms. The first-order chi connectivity index (χ1) is 8.96. The monoisotopic (exact) mass is 284 g/mol. The van der Waals surface area contributed by atoms with Gasteiger partial charge in [-0.25, -0.2) is 0 Å². The van der Waals surface area contributed by atoms with E-state index in [2.05, 4.69) is 0 Å². The first kappa shape index (κ1) is 17.0. The van der Waals surface area contributed by atoms with Crippen molar-refractivity contribution in [3.63, 3.8) is 0 Å². The first-order valence-electron chi connectivity index (χ1n) is 7.43. The molecule has 0 aromatic carbocycles. The SMILES string of the molecule is CC(C)(C)OC(=O)C1(C(=O)OC(C)(C)C)CCCCC1. The summed E-state index contributed by atoms with van der Waals surface area (Å²) < 4.78 is 11.0. The normalized spacial score (nSPS) is 19.3. The van der Waals surface area contributed by atoms with Crippen LogP contribution < -0.4 is 0 Å². The zero-order valence-electron chi connectivity index (χ0n) is 13.7. The lowest BCUT2D eigenvalue weighted by Gasteiger charge is -2.36. The minimum Gasteiger partial charge on any atom is -0.459 e. The number of carbonyl (C=O) groups is 2. The van der Waals surface area contributed by atoms with Crippen molar-refractivity contribution in [2.24, 2.45) is 5.41 Å². The summed E-state index contributed by atoms with van der Waals surface area (Å²) in [5, 5.41) is 0. The molecule has 1 aliphatic carbocycles. The third-order valence-corrected chi connectivity index (χ3v) is 3.29. The molecule has 0 radical (unpaired) electrons. The molecule has 4 nitrogen and oxygen atoms in total. The topological polar surface area (TPSA) is 52.6 Å². The molecule has 0 unspecified atom stereocenters. The van der Waals surface area contributed by atoms with Gasteiger partial charge in [-0.15, -0.1) is 0 Å². The lowest BCUT2D eigenvalue weighted by Crippen LogP contribution is -2.47. The Balaban J connectivity index is 2.97. The number of ether oxygens (including phenoxy) is 2. The van der Waals surface area contributed by atoms with Gasteiger partial charge in [-0.1, -0.05) is 19.3 Å². The molecular formula is C16H28O4. The van der Waals surface area contributed by atoms with Gasteiger partial charge in [-0.3, -0.25) is 9.59 Å². The third kappa shape index (κ3) is 4.50. The molecule has 0 saturated heterocycles. The van der Waals surface area contributed by atoms with E-state index in [1.807, 2.05) is 41.5 Å². The second kappa shape index (κ2) is 5.74. The molecule has 0 atom stereocenters. The highest BCUT2D eigenvalue weighted by Gasteiger charge is 2.51. The van der Waals surface area contributed by atoms with Crippen molar-refractivity contribution >= 4 is 11.9 Å². The summed E-state index contributed by atoms with van der Waals surface area (Å²) in [5.41, 5.74) is -2.30. The third-order valence-electron chi connectivity index (χ3n) is 3.29. The quantitative estimate of drug-likeness (QED) is 0.574. The molecule has 0 aliphatic heterocycles. The second-order valence-electron chi connectivity index (χ2n) is 7.65. The van der Waals surface area contributed by atoms with Gasteiger partial charge in [-0.2, -0.15) is 0 Å². The van der Waals surface area contributed by atoms with E-state index in [1.165, 1.54) is 0 Å². The van der Waals surface area contributed by atoms with Gasteiger partial charge in [0.05, 0.1) is 0 Å². The van der Waals surface area contributed by atoms with Gasteiger partial charge in [0.25, 0.3) is 0 Å². The molecule has 1 rings (SSSR count). The van der Waals surface area contributed by atoms with Crippen molar-refractivity contribution in [1.29, 1.82) is 0 Å². The Morgan fingerprint density at radius 1 is 0.750 bits per heavy atom. The predicted octanol–water partition coefficient (Wildman–Crippen LogP) is 3.62. The van der Waals surface area contributed by atoms with Crippen LogP contribution in [-0.2, 0) is 19.1 Å². The maximum atomic E-state index is 12.5. The van der Waals surface area contributed by atoms with Crippen molar-refractivity contribution in [3.8, 4) is 0 Å². The van der Waals surface area contributed by atoms with Gasteiger partial charge in [-0.05, 0) is 54.4 Å². The van der Waals surface area contributed by atoms with Gasteiger partial charge < -0.3 is 9.47 Å². The van der Waals surface area contributed by atoms with Crippen LogP contribution in [0, 0.1) is 5.41 Å². The summed E-state index contributed by atoms with van der Waals surface area (Å²) >= 11 is 0. The van der Waals surface area contributed by atoms with Crippen LogP contribution >= 0.6 is 0 Å². The summed E-state index contributed by atoms with van der Waals surface area (Å²) in [4.78, 5) is 25.1. The van der Waals surface area contributed by atoms with Crippen LogP contribution in [0.3, 0.4) is 0 Å². The van der Waals surface area contributed by atoms with Crippen LogP contribution in [0.25, 0.3) is 0 Å². The van der Waals surface area contributed by atoms with Gasteiger partial charge in [0.15, 0.2) is 5.41 Å². The van der Waals surface area contributed by atoms with E-state index >= 15 is 0 Å². The Kier molecular flexibility index (Phi) is 4.88. The lowest BCUT2D eigenvalue weighted by molar-refractivity contribution is -0.188. The molecule has 20 heavy (non-hydrogen) atoms. The van der Waals surface area contributed by atoms with Gasteiger partial charge in [0.2, 0.25) is 0 Å². The summed E-state index contributed by atoms with van der Waals surface area (Å²) in [6.45, 7) is 10.9. The van der Waals surface area contributed by atoms with Crippen LogP contribution in [0.4, 0.5) is 0 Å². The number of hydrogen-bond acceptors (Lipinski definition) is 4. The Labute approximate surface area is 122 Å². The van der Waals surface area contributed by atoms with Gasteiger partial charge in [0, 0.05) is 0 Å². The molecule has 0 aromatic rings. The van der Waals surface area contributed by atoms with Crippen LogP contribution in [-0.4, -0.2) is 23.1 Å². The molecule has 4 heteroatoms. The average molecular weight is 284 g/mol. The zero-order valence-corrected chi connectivity index (χ0v) is 13.7. The van der Waals surface area contributed by atoms with E-state index in [1.54, 1.807) is 0 Å². The van der Waals surface area contributed by atoms with Crippen LogP contribution in [0.1, 0.15) is 73.6 Å². The lowest BCUT2D eigenvalue weighted by atomic mass is 9.74. The average Bonchev–Trinajstić information content (AvgIpc) is 2.25. The van der Waals surface area contributed by atoms with Crippen molar-refractivity contribution in [3.05, 3.63) is 0 Å². The molecule has 1 fully saturated rings. The van der Waals surface area contributed by atoms with E-state index in [4.69, 9.17) is 9.47 Å². The van der Waals surface area contributed by atoms with E-state index in [9.17, 15) is 9.59 Å². The highest BCUT2D eigenvalue weighted by Crippen LogP contribution is 2.40. The molecular weight excluding hydrogens is 256 g/mol. The standard InChI is InChI=1S/C16H28O4/c1-14(2,3)19-12(17)16(10-8-7-9-11-16)13(18)20-15(4,5)6/h7-11H2,1-6H3. The van der Waals surface area contributed by atoms with E-state index in [0.29, 0.717) is 12.8 Å². The largest absolute Gasteiger partial charge is 0.459 e. The number of hydrogen-bond donors (Lipinski definition) is 0. The highest BCUT2D eigenvalue weighted by molar-refractivity contribution is 6.00. The van der Waals surface area contributed by atoms with Crippen molar-refractivity contribution < 1.29 is 19.1 Å². The second-order valence-corrected chi connectivity index (χ2v) is 7.65. The van der Waals surface area contributed by atoms with Crippen molar-refractivity contribution in [2.45, 2.75) is 84.8 Å². The molecule has 0 N–H and O–H groups in total. The van der Waals surface area contributed by atoms with Crippen molar-refractivity contribution in [2.75, 3.05) is 0 Å². The van der Waals surface area contributed by atoms with Crippen LogP contribution in [0.5, 0.6) is 0 Å². The summed E-state index contributed by atoms with van der Waals surface area (Å²) in [6, 6.07) is 0. The van der Waals surface area contributed by atoms with Gasteiger partial charge in [0.1, 0.15) is 11.2 Å². The molecule has 1 aliphatic rings. The Morgan fingerprint density at radius 3 is 1.40 bits per heavy atom. The number of carbonyl (C=O) groups excluding carboxylic acids is 2. The van der Waals surface area contributed by atoms with Gasteiger partial charge >= 0.3 is 11.9 Å². The fourth-order valence-electron chi connectivity index (χ4n) is 2.40. The predicted molar refractivity (Wildman–Crippen MR) is 77.2 cm³/mol. The smallest absolute Gasteiger partial charge is 0.324 e. The Morgan fingerprint density at radius 2 is 1.10 bits per heavy atom. The summed E-state index contributed by atoms with van der Waals surface area (Å²) in [6.07, 6.45) is 3.82. The fraction of sp³-hybridized carbons (Fsp3) is 0.875. The van der Waals surface area contributed by atoms with Crippen molar-refractivity contribution in [1.82, 2.24) is 0 Å².